The molecule has 2 heterocycles. The fraction of sp³-hybridized carbons (Fsp3) is 0.458. The predicted octanol–water partition coefficient (Wildman–Crippen LogP) is 5.55. The Kier molecular flexibility index (Phi) is 7.98. The summed E-state index contributed by atoms with van der Waals surface area (Å²) in [7, 11) is 1.49. The largest absolute Gasteiger partial charge is 0.493 e. The Morgan fingerprint density at radius 1 is 1.09 bits per heavy atom. The molecule has 0 saturated carbocycles. The number of alkyl halides is 3. The summed E-state index contributed by atoms with van der Waals surface area (Å²) in [6, 6.07) is 6.09. The monoisotopic (exact) mass is 502 g/mol. The number of fused-ring (bicyclic) bond motifs is 1. The van der Waals surface area contributed by atoms with Gasteiger partial charge in [0.2, 0.25) is 0 Å². The molecule has 186 valence electrons. The number of benzene rings is 2. The van der Waals surface area contributed by atoms with E-state index in [2.05, 4.69) is 11.8 Å². The molecule has 2 aromatic rings. The Labute approximate surface area is 202 Å². The molecule has 4 rings (SSSR count). The molecule has 0 spiro atoms. The molecule has 1 saturated heterocycles. The first kappa shape index (κ1) is 26.1. The van der Waals surface area contributed by atoms with Crippen LogP contribution in [0.25, 0.3) is 0 Å². The molecule has 0 aliphatic carbocycles. The highest BCUT2D eigenvalue weighted by Crippen LogP contribution is 2.40. The molecule has 0 atom stereocenters. The van der Waals surface area contributed by atoms with Crippen LogP contribution in [0.5, 0.6) is 11.5 Å². The quantitative estimate of drug-likeness (QED) is 0.486. The van der Waals surface area contributed by atoms with E-state index in [9.17, 15) is 22.4 Å². The molecule has 0 unspecified atom stereocenters. The van der Waals surface area contributed by atoms with Gasteiger partial charge in [-0.25, -0.2) is 4.39 Å². The summed E-state index contributed by atoms with van der Waals surface area (Å²) in [4.78, 5) is 16.4. The van der Waals surface area contributed by atoms with Crippen molar-refractivity contribution in [1.82, 2.24) is 4.90 Å². The van der Waals surface area contributed by atoms with E-state index >= 15 is 0 Å². The van der Waals surface area contributed by atoms with Crippen LogP contribution in [0.1, 0.15) is 41.3 Å². The fourth-order valence-electron chi connectivity index (χ4n) is 4.37. The summed E-state index contributed by atoms with van der Waals surface area (Å²) in [5, 5.41) is 0. The highest BCUT2D eigenvalue weighted by Gasteiger charge is 2.42. The minimum absolute atomic E-state index is 0. The van der Waals surface area contributed by atoms with Crippen molar-refractivity contribution >= 4 is 24.0 Å². The zero-order valence-electron chi connectivity index (χ0n) is 19.0. The molecule has 0 radical (unpaired) electrons. The molecule has 1 amide bonds. The van der Waals surface area contributed by atoms with Crippen LogP contribution in [0.2, 0.25) is 0 Å². The molecule has 5 nitrogen and oxygen atoms in total. The second-order valence-corrected chi connectivity index (χ2v) is 8.58. The Morgan fingerprint density at radius 2 is 1.79 bits per heavy atom. The van der Waals surface area contributed by atoms with Crippen molar-refractivity contribution < 1.29 is 31.8 Å². The number of likely N-dealkylation sites (tertiary alicyclic amines) is 1. The lowest BCUT2D eigenvalue weighted by atomic mass is 9.99. The number of amides is 1. The van der Waals surface area contributed by atoms with E-state index in [4.69, 9.17) is 9.47 Å². The first-order valence-corrected chi connectivity index (χ1v) is 10.9. The zero-order chi connectivity index (χ0) is 23.8. The van der Waals surface area contributed by atoms with Crippen LogP contribution in [-0.4, -0.2) is 44.2 Å². The molecule has 0 aromatic heterocycles. The first-order chi connectivity index (χ1) is 15.7. The lowest BCUT2D eigenvalue weighted by Crippen LogP contribution is -2.35. The van der Waals surface area contributed by atoms with Crippen molar-refractivity contribution in [2.45, 2.75) is 32.5 Å². The summed E-state index contributed by atoms with van der Waals surface area (Å²) < 4.78 is 65.4. The second kappa shape index (κ2) is 10.4. The van der Waals surface area contributed by atoms with Gasteiger partial charge < -0.3 is 14.4 Å². The van der Waals surface area contributed by atoms with Crippen molar-refractivity contribution in [3.8, 4) is 11.5 Å². The van der Waals surface area contributed by atoms with Crippen LogP contribution in [-0.2, 0) is 12.7 Å². The number of halogens is 5. The van der Waals surface area contributed by atoms with Crippen molar-refractivity contribution in [1.29, 1.82) is 0 Å². The van der Waals surface area contributed by atoms with Gasteiger partial charge in [0.1, 0.15) is 12.4 Å². The van der Waals surface area contributed by atoms with Gasteiger partial charge in [-0.2, -0.15) is 13.2 Å². The minimum atomic E-state index is -4.84. The van der Waals surface area contributed by atoms with Crippen LogP contribution < -0.4 is 14.4 Å². The van der Waals surface area contributed by atoms with E-state index in [0.717, 1.165) is 44.5 Å². The molecule has 2 aromatic carbocycles. The maximum atomic E-state index is 13.8. The third kappa shape index (κ3) is 5.41. The number of carbonyl (C=O) groups is 1. The van der Waals surface area contributed by atoms with E-state index in [1.54, 1.807) is 18.2 Å². The third-order valence-electron chi connectivity index (χ3n) is 6.28. The highest BCUT2D eigenvalue weighted by atomic mass is 35.5. The number of nitrogens with zero attached hydrogens (tertiary/aromatic N) is 2. The first-order valence-electron chi connectivity index (χ1n) is 10.9. The van der Waals surface area contributed by atoms with Gasteiger partial charge in [-0.15, -0.1) is 12.4 Å². The standard InChI is InChI=1S/C24H26F4N2O3.ClH/c1-15-5-7-29(8-6-15)9-10-33-21-13-18(3-4-20(21)32-2)30-14-16-11-17(25)12-19(24(26,27)28)22(16)23(30)31;/h3-4,11-13,15H,5-10,14H2,1-2H3;1H. The molecular weight excluding hydrogens is 476 g/mol. The van der Waals surface area contributed by atoms with Crippen LogP contribution in [0.3, 0.4) is 0 Å². The summed E-state index contributed by atoms with van der Waals surface area (Å²) in [6.07, 6.45) is -2.54. The maximum absolute atomic E-state index is 13.8. The van der Waals surface area contributed by atoms with Gasteiger partial charge in [0, 0.05) is 18.3 Å². The van der Waals surface area contributed by atoms with Crippen molar-refractivity contribution in [2.24, 2.45) is 5.92 Å². The molecule has 0 bridgehead atoms. The lowest BCUT2D eigenvalue weighted by molar-refractivity contribution is -0.138. The SMILES string of the molecule is COc1ccc(N2Cc3cc(F)cc(C(F)(F)F)c3C2=O)cc1OCCN1CCC(C)CC1.Cl. The van der Waals surface area contributed by atoms with E-state index in [1.165, 1.54) is 12.0 Å². The van der Waals surface area contributed by atoms with Gasteiger partial charge in [0.25, 0.3) is 5.91 Å². The molecular formula is C24H27ClF4N2O3. The topological polar surface area (TPSA) is 42.0 Å². The van der Waals surface area contributed by atoms with Gasteiger partial charge in [-0.1, -0.05) is 6.92 Å². The predicted molar refractivity (Wildman–Crippen MR) is 122 cm³/mol. The maximum Gasteiger partial charge on any atom is 0.417 e. The number of methoxy groups -OCH3 is 1. The van der Waals surface area contributed by atoms with E-state index in [-0.39, 0.29) is 24.5 Å². The average Bonchev–Trinajstić information content (AvgIpc) is 3.09. The van der Waals surface area contributed by atoms with Crippen LogP contribution in [0.4, 0.5) is 23.2 Å². The van der Waals surface area contributed by atoms with Crippen molar-refractivity contribution in [3.63, 3.8) is 0 Å². The zero-order valence-corrected chi connectivity index (χ0v) is 19.8. The van der Waals surface area contributed by atoms with Crippen molar-refractivity contribution in [3.05, 3.63) is 52.8 Å². The number of anilines is 1. The van der Waals surface area contributed by atoms with Crippen molar-refractivity contribution in [2.75, 3.05) is 38.3 Å². The summed E-state index contributed by atoms with van der Waals surface area (Å²) >= 11 is 0. The Hall–Kier alpha value is -2.52. The van der Waals surface area contributed by atoms with Gasteiger partial charge in [-0.3, -0.25) is 9.69 Å². The molecule has 2 aliphatic rings. The van der Waals surface area contributed by atoms with E-state index in [1.807, 2.05) is 0 Å². The Bertz CT molecular complexity index is 1040. The number of hydrogen-bond acceptors (Lipinski definition) is 4. The van der Waals surface area contributed by atoms with E-state index < -0.39 is 29.0 Å². The summed E-state index contributed by atoms with van der Waals surface area (Å²) in [5.41, 5.74) is -1.41. The molecule has 34 heavy (non-hydrogen) atoms. The van der Waals surface area contributed by atoms with Crippen LogP contribution in [0, 0.1) is 11.7 Å². The number of piperidine rings is 1. The number of carbonyl (C=O) groups excluding carboxylic acids is 1. The van der Waals surface area contributed by atoms with Gasteiger partial charge >= 0.3 is 6.18 Å². The molecule has 1 fully saturated rings. The Morgan fingerprint density at radius 3 is 2.44 bits per heavy atom. The molecule has 10 heteroatoms. The number of ether oxygens (including phenoxy) is 2. The normalized spacial score (nSPS) is 16.9. The highest BCUT2D eigenvalue weighted by molar-refractivity contribution is 6.11. The minimum Gasteiger partial charge on any atom is -0.493 e. The Balaban J connectivity index is 0.00000324. The van der Waals surface area contributed by atoms with Crippen LogP contribution >= 0.6 is 12.4 Å². The molecule has 0 N–H and O–H groups in total. The smallest absolute Gasteiger partial charge is 0.417 e. The van der Waals surface area contributed by atoms with Gasteiger partial charge in [-0.05, 0) is 61.7 Å². The number of hydrogen-bond donors (Lipinski definition) is 0. The summed E-state index contributed by atoms with van der Waals surface area (Å²) in [5.74, 6) is -0.270. The third-order valence-corrected chi connectivity index (χ3v) is 6.28. The number of rotatable bonds is 6. The van der Waals surface area contributed by atoms with Gasteiger partial charge in [0.05, 0.1) is 24.8 Å². The molecule has 2 aliphatic heterocycles. The fourth-order valence-corrected chi connectivity index (χ4v) is 4.37. The second-order valence-electron chi connectivity index (χ2n) is 8.58. The van der Waals surface area contributed by atoms with Crippen LogP contribution in [0.15, 0.2) is 30.3 Å². The lowest BCUT2D eigenvalue weighted by Gasteiger charge is -2.30. The summed E-state index contributed by atoms with van der Waals surface area (Å²) in [6.45, 7) is 5.26. The average molecular weight is 503 g/mol. The van der Waals surface area contributed by atoms with Gasteiger partial charge in [0.15, 0.2) is 11.5 Å². The van der Waals surface area contributed by atoms with E-state index in [0.29, 0.717) is 29.9 Å².